The summed E-state index contributed by atoms with van der Waals surface area (Å²) in [5, 5.41) is 14.7. The number of hydrogen-bond acceptors (Lipinski definition) is 5. The second-order valence-corrected chi connectivity index (χ2v) is 6.60. The Morgan fingerprint density at radius 3 is 2.58 bits per heavy atom. The third-order valence-electron chi connectivity index (χ3n) is 3.39. The van der Waals surface area contributed by atoms with E-state index in [2.05, 4.69) is 9.50 Å². The minimum Gasteiger partial charge on any atom is -0.394 e. The number of amidine groups is 1. The van der Waals surface area contributed by atoms with E-state index in [1.165, 1.54) is 41.6 Å². The number of rotatable bonds is 4. The Bertz CT molecular complexity index is 908. The summed E-state index contributed by atoms with van der Waals surface area (Å²) < 4.78 is 40.9. The Balaban J connectivity index is 1.96. The van der Waals surface area contributed by atoms with Gasteiger partial charge in [-0.25, -0.2) is 9.40 Å². The number of hydrogen-bond donors (Lipinski definition) is 1. The normalized spacial score (nSPS) is 15.3. The van der Waals surface area contributed by atoms with Crippen LogP contribution in [-0.2, 0) is 10.0 Å². The highest BCUT2D eigenvalue weighted by Gasteiger charge is 2.31. The first-order valence-electron chi connectivity index (χ1n) is 7.13. The Labute approximate surface area is 138 Å². The van der Waals surface area contributed by atoms with Crippen molar-refractivity contribution in [3.63, 3.8) is 0 Å². The monoisotopic (exact) mass is 347 g/mol. The number of benzene rings is 2. The maximum absolute atomic E-state index is 12.9. The number of aliphatic hydroxyl groups excluding tert-OH is 1. The van der Waals surface area contributed by atoms with Gasteiger partial charge in [0.25, 0.3) is 10.0 Å². The van der Waals surface area contributed by atoms with Gasteiger partial charge in [-0.15, -0.1) is 4.40 Å². The maximum Gasteiger partial charge on any atom is 0.285 e. The topological polar surface area (TPSA) is 82.3 Å². The summed E-state index contributed by atoms with van der Waals surface area (Å²) in [5.41, 5.74) is 1.07. The summed E-state index contributed by atoms with van der Waals surface area (Å²) in [6.45, 7) is -0.164. The highest BCUT2D eigenvalue weighted by atomic mass is 32.2. The summed E-state index contributed by atoms with van der Waals surface area (Å²) in [5.74, 6) is -0.211. The van der Waals surface area contributed by atoms with Gasteiger partial charge in [0.2, 0.25) is 0 Å². The summed E-state index contributed by atoms with van der Waals surface area (Å²) in [4.78, 5) is 0.111. The average Bonchev–Trinajstić information content (AvgIpc) is 2.85. The van der Waals surface area contributed by atoms with Crippen LogP contribution in [0.5, 0.6) is 0 Å². The van der Waals surface area contributed by atoms with E-state index in [0.717, 1.165) is 0 Å². The molecule has 0 unspecified atom stereocenters. The van der Waals surface area contributed by atoms with Gasteiger partial charge in [-0.3, -0.25) is 0 Å². The molecular formula is C16H14FN3O3S. The SMILES string of the molecule is O=S1(=O)N=C(N(CCO)/N=C\c2ccc(F)cc2)c2ccccc21. The third-order valence-corrected chi connectivity index (χ3v) is 4.71. The smallest absolute Gasteiger partial charge is 0.285 e. The fourth-order valence-corrected chi connectivity index (χ4v) is 3.48. The molecule has 0 saturated carbocycles. The molecule has 0 aromatic heterocycles. The summed E-state index contributed by atoms with van der Waals surface area (Å²) in [7, 11) is -3.77. The summed E-state index contributed by atoms with van der Waals surface area (Å²) in [6.07, 6.45) is 1.45. The standard InChI is InChI=1S/C16H14FN3O3S/c17-13-7-5-12(6-8-13)11-18-20(9-10-21)16-14-3-1-2-4-15(14)24(22,23)19-16/h1-8,11,21H,9-10H2/b18-11-. The lowest BCUT2D eigenvalue weighted by Gasteiger charge is -2.17. The van der Waals surface area contributed by atoms with Crippen LogP contribution >= 0.6 is 0 Å². The second kappa shape index (κ2) is 6.50. The van der Waals surface area contributed by atoms with Crippen molar-refractivity contribution in [2.45, 2.75) is 4.90 Å². The number of nitrogens with zero attached hydrogens (tertiary/aromatic N) is 3. The van der Waals surface area contributed by atoms with E-state index >= 15 is 0 Å². The van der Waals surface area contributed by atoms with Gasteiger partial charge in [-0.05, 0) is 29.8 Å². The molecule has 1 heterocycles. The van der Waals surface area contributed by atoms with E-state index in [1.807, 2.05) is 0 Å². The molecule has 2 aromatic carbocycles. The van der Waals surface area contributed by atoms with Crippen molar-refractivity contribution in [1.82, 2.24) is 5.01 Å². The first kappa shape index (κ1) is 16.3. The quantitative estimate of drug-likeness (QED) is 0.673. The molecule has 1 N–H and O–H groups in total. The second-order valence-electron chi connectivity index (χ2n) is 5.03. The number of sulfonamides is 1. The highest BCUT2D eigenvalue weighted by Crippen LogP contribution is 2.27. The molecule has 8 heteroatoms. The predicted molar refractivity (Wildman–Crippen MR) is 88.0 cm³/mol. The van der Waals surface area contributed by atoms with Crippen LogP contribution in [0, 0.1) is 5.82 Å². The molecule has 0 radical (unpaired) electrons. The molecule has 0 fully saturated rings. The molecule has 3 rings (SSSR count). The minimum absolute atomic E-state index is 0.0698. The molecule has 1 aliphatic heterocycles. The van der Waals surface area contributed by atoms with Gasteiger partial charge in [0, 0.05) is 5.56 Å². The number of hydrazone groups is 1. The third kappa shape index (κ3) is 3.19. The zero-order chi connectivity index (χ0) is 17.2. The maximum atomic E-state index is 12.9. The van der Waals surface area contributed by atoms with E-state index < -0.39 is 10.0 Å². The Morgan fingerprint density at radius 2 is 1.88 bits per heavy atom. The lowest BCUT2D eigenvalue weighted by molar-refractivity contribution is 0.254. The van der Waals surface area contributed by atoms with E-state index in [9.17, 15) is 17.9 Å². The van der Waals surface area contributed by atoms with Gasteiger partial charge < -0.3 is 5.11 Å². The molecule has 1 aliphatic rings. The lowest BCUT2D eigenvalue weighted by atomic mass is 10.2. The largest absolute Gasteiger partial charge is 0.394 e. The molecule has 6 nitrogen and oxygen atoms in total. The van der Waals surface area contributed by atoms with Crippen LogP contribution < -0.4 is 0 Å². The first-order valence-corrected chi connectivity index (χ1v) is 8.57. The van der Waals surface area contributed by atoms with Crippen molar-refractivity contribution in [3.8, 4) is 0 Å². The molecule has 0 saturated heterocycles. The molecule has 24 heavy (non-hydrogen) atoms. The molecule has 0 aliphatic carbocycles. The van der Waals surface area contributed by atoms with Crippen molar-refractivity contribution >= 4 is 22.1 Å². The van der Waals surface area contributed by atoms with Crippen LogP contribution in [0.1, 0.15) is 11.1 Å². The lowest BCUT2D eigenvalue weighted by Crippen LogP contribution is -2.28. The predicted octanol–water partition coefficient (Wildman–Crippen LogP) is 1.60. The van der Waals surface area contributed by atoms with Gasteiger partial charge in [-0.2, -0.15) is 13.5 Å². The first-order chi connectivity index (χ1) is 11.5. The Kier molecular flexibility index (Phi) is 4.41. The van der Waals surface area contributed by atoms with E-state index in [1.54, 1.807) is 18.2 Å². The fraction of sp³-hybridized carbons (Fsp3) is 0.125. The molecule has 2 aromatic rings. The van der Waals surface area contributed by atoms with Gasteiger partial charge in [-0.1, -0.05) is 24.3 Å². The van der Waals surface area contributed by atoms with Crippen LogP contribution in [0.3, 0.4) is 0 Å². The Morgan fingerprint density at radius 1 is 1.17 bits per heavy atom. The summed E-state index contributed by atoms with van der Waals surface area (Å²) >= 11 is 0. The fourth-order valence-electron chi connectivity index (χ4n) is 2.27. The minimum atomic E-state index is -3.77. The van der Waals surface area contributed by atoms with Crippen LogP contribution in [0.25, 0.3) is 0 Å². The van der Waals surface area contributed by atoms with Crippen LogP contribution in [0.2, 0.25) is 0 Å². The molecule has 0 amide bonds. The number of aliphatic hydroxyl groups is 1. The molecule has 0 spiro atoms. The van der Waals surface area contributed by atoms with Gasteiger partial charge in [0.1, 0.15) is 10.7 Å². The Hall–Kier alpha value is -2.58. The van der Waals surface area contributed by atoms with Crippen LogP contribution in [-0.4, -0.2) is 43.7 Å². The molecular weight excluding hydrogens is 333 g/mol. The zero-order valence-corrected chi connectivity index (χ0v) is 13.3. The van der Waals surface area contributed by atoms with Crippen molar-refractivity contribution in [2.24, 2.45) is 9.50 Å². The number of halogens is 1. The molecule has 0 atom stereocenters. The van der Waals surface area contributed by atoms with Gasteiger partial charge >= 0.3 is 0 Å². The molecule has 0 bridgehead atoms. The zero-order valence-electron chi connectivity index (χ0n) is 12.5. The van der Waals surface area contributed by atoms with Crippen molar-refractivity contribution in [2.75, 3.05) is 13.2 Å². The van der Waals surface area contributed by atoms with Crippen LogP contribution in [0.4, 0.5) is 4.39 Å². The van der Waals surface area contributed by atoms with E-state index in [4.69, 9.17) is 0 Å². The van der Waals surface area contributed by atoms with Crippen molar-refractivity contribution < 1.29 is 17.9 Å². The van der Waals surface area contributed by atoms with Crippen LogP contribution in [0.15, 0.2) is 62.9 Å². The highest BCUT2D eigenvalue weighted by molar-refractivity contribution is 7.90. The van der Waals surface area contributed by atoms with Crippen molar-refractivity contribution in [1.29, 1.82) is 0 Å². The molecule has 124 valence electrons. The van der Waals surface area contributed by atoms with Gasteiger partial charge in [0.15, 0.2) is 5.84 Å². The van der Waals surface area contributed by atoms with E-state index in [0.29, 0.717) is 11.1 Å². The summed E-state index contributed by atoms with van der Waals surface area (Å²) in [6, 6.07) is 12.1. The van der Waals surface area contributed by atoms with Crippen molar-refractivity contribution in [3.05, 3.63) is 65.5 Å². The van der Waals surface area contributed by atoms with Gasteiger partial charge in [0.05, 0.1) is 19.4 Å². The van der Waals surface area contributed by atoms with E-state index in [-0.39, 0.29) is 29.7 Å². The average molecular weight is 347 g/mol. The number of fused-ring (bicyclic) bond motifs is 1.